The van der Waals surface area contributed by atoms with Crippen LogP contribution in [-0.2, 0) is 24.2 Å². The largest absolute Gasteiger partial charge is 0.324 e. The van der Waals surface area contributed by atoms with Crippen molar-refractivity contribution in [1.29, 1.82) is 0 Å². The zero-order chi connectivity index (χ0) is 15.8. The molecule has 1 heterocycles. The first-order chi connectivity index (χ1) is 11.2. The normalized spacial score (nSPS) is 12.5. The third-order valence-corrected chi connectivity index (χ3v) is 4.36. The molecule has 0 atom stereocenters. The Morgan fingerprint density at radius 1 is 1.00 bits per heavy atom. The third-order valence-electron chi connectivity index (χ3n) is 4.36. The van der Waals surface area contributed by atoms with Gasteiger partial charge < -0.3 is 9.88 Å². The Bertz CT molecular complexity index is 962. The topological polar surface area (TPSA) is 51.1 Å². The van der Waals surface area contributed by atoms with Crippen LogP contribution in [0.2, 0.25) is 0 Å². The molecule has 0 radical (unpaired) electrons. The Morgan fingerprint density at radius 3 is 2.65 bits per heavy atom. The van der Waals surface area contributed by atoms with Gasteiger partial charge in [0.05, 0.1) is 0 Å². The van der Waals surface area contributed by atoms with Gasteiger partial charge in [-0.15, -0.1) is 0 Å². The highest BCUT2D eigenvalue weighted by Crippen LogP contribution is 2.34. The quantitative estimate of drug-likeness (QED) is 0.809. The van der Waals surface area contributed by atoms with Crippen LogP contribution in [0, 0.1) is 0 Å². The minimum absolute atomic E-state index is 0.0165. The van der Waals surface area contributed by atoms with Crippen LogP contribution in [0.5, 0.6) is 0 Å². The first-order valence-corrected chi connectivity index (χ1v) is 7.71. The molecule has 0 unspecified atom stereocenters. The molecular weight excluding hydrogens is 288 g/mol. The van der Waals surface area contributed by atoms with Crippen LogP contribution in [0.4, 0.5) is 5.69 Å². The van der Waals surface area contributed by atoms with Gasteiger partial charge in [-0.05, 0) is 41.5 Å². The number of nitrogens with one attached hydrogen (secondary N) is 1. The van der Waals surface area contributed by atoms with Gasteiger partial charge in [0.1, 0.15) is 6.54 Å². The number of anilines is 1. The molecule has 2 aromatic carbocycles. The van der Waals surface area contributed by atoms with Gasteiger partial charge in [-0.1, -0.05) is 30.3 Å². The summed E-state index contributed by atoms with van der Waals surface area (Å²) in [5.41, 5.74) is 3.31. The number of aryl methyl sites for hydroxylation is 2. The van der Waals surface area contributed by atoms with Gasteiger partial charge in [0.15, 0.2) is 0 Å². The van der Waals surface area contributed by atoms with E-state index in [1.165, 1.54) is 27.1 Å². The number of carbonyl (C=O) groups is 1. The third kappa shape index (κ3) is 2.42. The Labute approximate surface area is 133 Å². The van der Waals surface area contributed by atoms with E-state index in [-0.39, 0.29) is 18.0 Å². The molecule has 0 aliphatic heterocycles. The number of nitrogens with zero attached hydrogens (tertiary/aromatic N) is 1. The van der Waals surface area contributed by atoms with Crippen LogP contribution in [0.1, 0.15) is 11.1 Å². The zero-order valence-electron chi connectivity index (χ0n) is 12.6. The summed E-state index contributed by atoms with van der Waals surface area (Å²) in [4.78, 5) is 24.0. The van der Waals surface area contributed by atoms with Crippen molar-refractivity contribution in [2.75, 3.05) is 5.32 Å². The van der Waals surface area contributed by atoms with E-state index >= 15 is 0 Å². The number of benzene rings is 2. The molecule has 1 N–H and O–H groups in total. The monoisotopic (exact) mass is 304 g/mol. The molecule has 0 bridgehead atoms. The summed E-state index contributed by atoms with van der Waals surface area (Å²) < 4.78 is 1.40. The van der Waals surface area contributed by atoms with Gasteiger partial charge in [0.25, 0.3) is 5.56 Å². The van der Waals surface area contributed by atoms with Gasteiger partial charge in [-0.25, -0.2) is 0 Å². The van der Waals surface area contributed by atoms with E-state index in [4.69, 9.17) is 0 Å². The number of pyridine rings is 1. The Hall–Kier alpha value is -2.88. The number of aromatic nitrogens is 1. The maximum atomic E-state index is 12.3. The van der Waals surface area contributed by atoms with Crippen LogP contribution in [0.25, 0.3) is 10.8 Å². The zero-order valence-corrected chi connectivity index (χ0v) is 12.6. The number of amides is 1. The average molecular weight is 304 g/mol. The van der Waals surface area contributed by atoms with E-state index in [9.17, 15) is 9.59 Å². The van der Waals surface area contributed by atoms with Crippen LogP contribution in [0.3, 0.4) is 0 Å². The van der Waals surface area contributed by atoms with Crippen molar-refractivity contribution >= 4 is 22.4 Å². The molecule has 23 heavy (non-hydrogen) atoms. The lowest BCUT2D eigenvalue weighted by atomic mass is 10.0. The average Bonchev–Trinajstić information content (AvgIpc) is 2.97. The fourth-order valence-electron chi connectivity index (χ4n) is 3.29. The number of rotatable bonds is 3. The van der Waals surface area contributed by atoms with Crippen LogP contribution < -0.4 is 10.9 Å². The molecule has 1 amide bonds. The van der Waals surface area contributed by atoms with Gasteiger partial charge >= 0.3 is 0 Å². The van der Waals surface area contributed by atoms with E-state index in [0.717, 1.165) is 23.9 Å². The highest BCUT2D eigenvalue weighted by atomic mass is 16.2. The number of carbonyl (C=O) groups excluding carboxylic acids is 1. The van der Waals surface area contributed by atoms with E-state index in [1.807, 2.05) is 18.2 Å². The molecule has 4 rings (SSSR count). The van der Waals surface area contributed by atoms with Crippen molar-refractivity contribution < 1.29 is 4.79 Å². The molecule has 114 valence electrons. The predicted molar refractivity (Wildman–Crippen MR) is 90.7 cm³/mol. The van der Waals surface area contributed by atoms with Crippen molar-refractivity contribution in [2.45, 2.75) is 19.4 Å². The first-order valence-electron chi connectivity index (χ1n) is 7.71. The number of hydrogen-bond acceptors (Lipinski definition) is 2. The van der Waals surface area contributed by atoms with E-state index in [0.29, 0.717) is 0 Å². The smallest absolute Gasteiger partial charge is 0.250 e. The Morgan fingerprint density at radius 2 is 1.83 bits per heavy atom. The van der Waals surface area contributed by atoms with Crippen molar-refractivity contribution in [3.63, 3.8) is 0 Å². The fourth-order valence-corrected chi connectivity index (χ4v) is 3.29. The SMILES string of the molecule is O=C(Cn1ccccc1=O)Nc1ccc2c3c(cccc13)CC2. The number of hydrogen-bond donors (Lipinski definition) is 1. The molecule has 0 spiro atoms. The molecule has 0 fully saturated rings. The minimum atomic E-state index is -0.197. The summed E-state index contributed by atoms with van der Waals surface area (Å²) >= 11 is 0. The second kappa shape index (κ2) is 5.39. The molecule has 4 heteroatoms. The van der Waals surface area contributed by atoms with Crippen LogP contribution >= 0.6 is 0 Å². The van der Waals surface area contributed by atoms with E-state index < -0.39 is 0 Å². The first kappa shape index (κ1) is 13.8. The summed E-state index contributed by atoms with van der Waals surface area (Å²) in [6, 6.07) is 15.1. The highest BCUT2D eigenvalue weighted by molar-refractivity contribution is 6.05. The lowest BCUT2D eigenvalue weighted by Crippen LogP contribution is -2.26. The lowest BCUT2D eigenvalue weighted by molar-refractivity contribution is -0.116. The fraction of sp³-hybridized carbons (Fsp3) is 0.158. The molecule has 3 aromatic rings. The predicted octanol–water partition coefficient (Wildman–Crippen LogP) is 2.74. The molecule has 0 saturated carbocycles. The molecule has 1 aromatic heterocycles. The van der Waals surface area contributed by atoms with Gasteiger partial charge in [-0.3, -0.25) is 9.59 Å². The molecular formula is C19H16N2O2. The van der Waals surface area contributed by atoms with Crippen molar-refractivity contribution in [3.8, 4) is 0 Å². The van der Waals surface area contributed by atoms with E-state index in [2.05, 4.69) is 17.4 Å². The summed E-state index contributed by atoms with van der Waals surface area (Å²) in [6.07, 6.45) is 3.74. The summed E-state index contributed by atoms with van der Waals surface area (Å²) in [5, 5.41) is 5.29. The minimum Gasteiger partial charge on any atom is -0.324 e. The van der Waals surface area contributed by atoms with E-state index in [1.54, 1.807) is 18.3 Å². The lowest BCUT2D eigenvalue weighted by Gasteiger charge is -2.11. The van der Waals surface area contributed by atoms with Gasteiger partial charge in [0.2, 0.25) is 5.91 Å². The van der Waals surface area contributed by atoms with Crippen LogP contribution in [-0.4, -0.2) is 10.5 Å². The van der Waals surface area contributed by atoms with Crippen molar-refractivity contribution in [2.24, 2.45) is 0 Å². The second-order valence-electron chi connectivity index (χ2n) is 5.83. The standard InChI is InChI=1S/C19H16N2O2/c22-17(12-21-11-2-1-6-18(21)23)20-16-10-9-14-8-7-13-4-3-5-15(16)19(13)14/h1-6,9-11H,7-8,12H2,(H,20,22). The van der Waals surface area contributed by atoms with Crippen molar-refractivity contribution in [1.82, 2.24) is 4.57 Å². The van der Waals surface area contributed by atoms with Crippen molar-refractivity contribution in [3.05, 3.63) is 76.2 Å². The summed E-state index contributed by atoms with van der Waals surface area (Å²) in [5.74, 6) is -0.197. The van der Waals surface area contributed by atoms with Gasteiger partial charge in [0, 0.05) is 23.3 Å². The highest BCUT2D eigenvalue weighted by Gasteiger charge is 2.16. The summed E-state index contributed by atoms with van der Waals surface area (Å²) in [7, 11) is 0. The second-order valence-corrected chi connectivity index (χ2v) is 5.83. The molecule has 4 nitrogen and oxygen atoms in total. The Kier molecular flexibility index (Phi) is 3.23. The van der Waals surface area contributed by atoms with Crippen LogP contribution in [0.15, 0.2) is 59.5 Å². The molecule has 0 saturated heterocycles. The molecule has 1 aliphatic carbocycles. The summed E-state index contributed by atoms with van der Waals surface area (Å²) in [6.45, 7) is 0.0165. The maximum absolute atomic E-state index is 12.3. The Balaban J connectivity index is 1.65. The maximum Gasteiger partial charge on any atom is 0.250 e. The van der Waals surface area contributed by atoms with Gasteiger partial charge in [-0.2, -0.15) is 0 Å². The molecule has 1 aliphatic rings.